The van der Waals surface area contributed by atoms with Crippen LogP contribution in [0.1, 0.15) is 45.6 Å². The van der Waals surface area contributed by atoms with Gasteiger partial charge in [0, 0.05) is 17.9 Å². The molecule has 22 heavy (non-hydrogen) atoms. The molecule has 3 unspecified atom stereocenters. The summed E-state index contributed by atoms with van der Waals surface area (Å²) in [6, 6.07) is 6.37. The summed E-state index contributed by atoms with van der Waals surface area (Å²) in [6.07, 6.45) is 0.352. The highest BCUT2D eigenvalue weighted by molar-refractivity contribution is 5.82. The van der Waals surface area contributed by atoms with Crippen LogP contribution in [0.3, 0.4) is 0 Å². The molecule has 4 heteroatoms. The Balaban J connectivity index is 1.86. The van der Waals surface area contributed by atoms with Gasteiger partial charge in [-0.2, -0.15) is 0 Å². The molecule has 0 aromatic heterocycles. The van der Waals surface area contributed by atoms with Crippen molar-refractivity contribution in [2.45, 2.75) is 46.1 Å². The summed E-state index contributed by atoms with van der Waals surface area (Å²) in [7, 11) is 0. The Morgan fingerprint density at radius 2 is 1.95 bits per heavy atom. The molecule has 3 nitrogen and oxygen atoms in total. The predicted octanol–water partition coefficient (Wildman–Crippen LogP) is 3.09. The van der Waals surface area contributed by atoms with E-state index in [0.29, 0.717) is 6.54 Å². The summed E-state index contributed by atoms with van der Waals surface area (Å²) in [5.74, 6) is 0.0872. The molecular weight excluding hydrogens is 281 g/mol. The van der Waals surface area contributed by atoms with Crippen molar-refractivity contribution in [2.75, 3.05) is 6.54 Å². The van der Waals surface area contributed by atoms with Crippen molar-refractivity contribution in [1.82, 2.24) is 5.32 Å². The number of amides is 1. The predicted molar refractivity (Wildman–Crippen MR) is 84.9 cm³/mol. The first-order chi connectivity index (χ1) is 10.2. The Kier molecular flexibility index (Phi) is 4.90. The first-order valence-electron chi connectivity index (χ1n) is 7.93. The Morgan fingerprint density at radius 1 is 1.36 bits per heavy atom. The fraction of sp³-hybridized carbons (Fsp3) is 0.611. The molecule has 0 radical (unpaired) electrons. The summed E-state index contributed by atoms with van der Waals surface area (Å²) in [4.78, 5) is 12.2. The van der Waals surface area contributed by atoms with Crippen LogP contribution in [0.15, 0.2) is 24.3 Å². The topological polar surface area (TPSA) is 49.3 Å². The number of halogens is 1. The monoisotopic (exact) mass is 307 g/mol. The standard InChI is InChI=1S/C18H26FNO2/c1-11(2)16(21)18(3,4)10-20-17(22)15-9-14(15)12-5-7-13(19)8-6-12/h5-8,11,14-16,21H,9-10H2,1-4H3,(H,20,22). The van der Waals surface area contributed by atoms with Gasteiger partial charge in [-0.25, -0.2) is 4.39 Å². The van der Waals surface area contributed by atoms with E-state index in [-0.39, 0.29) is 34.9 Å². The number of rotatable bonds is 6. The van der Waals surface area contributed by atoms with Gasteiger partial charge < -0.3 is 10.4 Å². The first-order valence-corrected chi connectivity index (χ1v) is 7.93. The number of carbonyl (C=O) groups is 1. The highest BCUT2D eigenvalue weighted by atomic mass is 19.1. The fourth-order valence-electron chi connectivity index (χ4n) is 3.02. The maximum atomic E-state index is 12.9. The summed E-state index contributed by atoms with van der Waals surface area (Å²) < 4.78 is 12.9. The molecule has 0 bridgehead atoms. The van der Waals surface area contributed by atoms with E-state index in [1.54, 1.807) is 12.1 Å². The second-order valence-electron chi connectivity index (χ2n) is 7.40. The largest absolute Gasteiger partial charge is 0.392 e. The smallest absolute Gasteiger partial charge is 0.223 e. The van der Waals surface area contributed by atoms with Crippen LogP contribution in [0, 0.1) is 23.1 Å². The zero-order valence-electron chi connectivity index (χ0n) is 13.8. The van der Waals surface area contributed by atoms with Gasteiger partial charge in [-0.15, -0.1) is 0 Å². The van der Waals surface area contributed by atoms with E-state index >= 15 is 0 Å². The van der Waals surface area contributed by atoms with Crippen LogP contribution in [0.25, 0.3) is 0 Å². The van der Waals surface area contributed by atoms with Crippen LogP contribution in [-0.4, -0.2) is 23.7 Å². The van der Waals surface area contributed by atoms with E-state index in [1.807, 2.05) is 27.7 Å². The van der Waals surface area contributed by atoms with Gasteiger partial charge >= 0.3 is 0 Å². The van der Waals surface area contributed by atoms with Crippen molar-refractivity contribution in [2.24, 2.45) is 17.3 Å². The fourth-order valence-corrected chi connectivity index (χ4v) is 3.02. The molecule has 1 aliphatic rings. The highest BCUT2D eigenvalue weighted by Crippen LogP contribution is 2.47. The lowest BCUT2D eigenvalue weighted by Crippen LogP contribution is -2.44. The molecule has 1 aliphatic carbocycles. The molecule has 0 spiro atoms. The van der Waals surface area contributed by atoms with Gasteiger partial charge in [-0.1, -0.05) is 39.8 Å². The van der Waals surface area contributed by atoms with Gasteiger partial charge in [-0.05, 0) is 36.0 Å². The maximum absolute atomic E-state index is 12.9. The van der Waals surface area contributed by atoms with Crippen LogP contribution < -0.4 is 5.32 Å². The quantitative estimate of drug-likeness (QED) is 0.848. The van der Waals surface area contributed by atoms with Crippen LogP contribution >= 0.6 is 0 Å². The number of nitrogens with one attached hydrogen (secondary N) is 1. The molecule has 0 saturated heterocycles. The van der Waals surface area contributed by atoms with E-state index in [1.165, 1.54) is 12.1 Å². The minimum Gasteiger partial charge on any atom is -0.392 e. The van der Waals surface area contributed by atoms with Crippen LogP contribution in [0.2, 0.25) is 0 Å². The summed E-state index contributed by atoms with van der Waals surface area (Å²) in [6.45, 7) is 8.32. The van der Waals surface area contributed by atoms with Gasteiger partial charge in [0.05, 0.1) is 6.10 Å². The van der Waals surface area contributed by atoms with Gasteiger partial charge in [0.1, 0.15) is 5.82 Å². The number of aliphatic hydroxyl groups is 1. The van der Waals surface area contributed by atoms with Crippen LogP contribution in [0.4, 0.5) is 4.39 Å². The van der Waals surface area contributed by atoms with Gasteiger partial charge in [0.2, 0.25) is 5.91 Å². The lowest BCUT2D eigenvalue weighted by molar-refractivity contribution is -0.123. The molecule has 122 valence electrons. The van der Waals surface area contributed by atoms with Gasteiger partial charge in [0.15, 0.2) is 0 Å². The lowest BCUT2D eigenvalue weighted by Gasteiger charge is -2.33. The normalized spacial score (nSPS) is 22.5. The third kappa shape index (κ3) is 3.86. The molecule has 0 heterocycles. The molecule has 1 aromatic carbocycles. The Morgan fingerprint density at radius 3 is 2.50 bits per heavy atom. The zero-order valence-corrected chi connectivity index (χ0v) is 13.8. The van der Waals surface area contributed by atoms with E-state index in [9.17, 15) is 14.3 Å². The first kappa shape index (κ1) is 16.9. The molecule has 2 rings (SSSR count). The van der Waals surface area contributed by atoms with E-state index < -0.39 is 6.10 Å². The van der Waals surface area contributed by atoms with Gasteiger partial charge in [-0.3, -0.25) is 4.79 Å². The Bertz CT molecular complexity index is 524. The second kappa shape index (κ2) is 6.37. The van der Waals surface area contributed by atoms with Crippen molar-refractivity contribution >= 4 is 5.91 Å². The van der Waals surface area contributed by atoms with E-state index in [2.05, 4.69) is 5.32 Å². The summed E-state index contributed by atoms with van der Waals surface area (Å²) >= 11 is 0. The van der Waals surface area contributed by atoms with Crippen LogP contribution in [0.5, 0.6) is 0 Å². The van der Waals surface area contributed by atoms with Gasteiger partial charge in [0.25, 0.3) is 0 Å². The Hall–Kier alpha value is -1.42. The van der Waals surface area contributed by atoms with Crippen molar-refractivity contribution in [3.63, 3.8) is 0 Å². The molecule has 1 amide bonds. The molecule has 0 aliphatic heterocycles. The summed E-state index contributed by atoms with van der Waals surface area (Å²) in [5, 5.41) is 13.1. The van der Waals surface area contributed by atoms with Crippen molar-refractivity contribution in [3.05, 3.63) is 35.6 Å². The van der Waals surface area contributed by atoms with Crippen molar-refractivity contribution in [1.29, 1.82) is 0 Å². The number of aliphatic hydroxyl groups excluding tert-OH is 1. The molecule has 1 saturated carbocycles. The zero-order chi connectivity index (χ0) is 16.5. The molecule has 1 aromatic rings. The van der Waals surface area contributed by atoms with E-state index in [4.69, 9.17) is 0 Å². The highest BCUT2D eigenvalue weighted by Gasteiger charge is 2.44. The van der Waals surface area contributed by atoms with E-state index in [0.717, 1.165) is 12.0 Å². The summed E-state index contributed by atoms with van der Waals surface area (Å²) in [5.41, 5.74) is 0.660. The minimum absolute atomic E-state index is 0.0263. The average Bonchev–Trinajstić information content (AvgIpc) is 3.25. The minimum atomic E-state index is -0.458. The number of hydrogen-bond acceptors (Lipinski definition) is 2. The number of carbonyl (C=O) groups excluding carboxylic acids is 1. The molecule has 1 fully saturated rings. The van der Waals surface area contributed by atoms with Crippen LogP contribution in [-0.2, 0) is 4.79 Å². The third-order valence-corrected chi connectivity index (χ3v) is 4.58. The Labute approximate surface area is 131 Å². The number of benzene rings is 1. The molecule has 2 N–H and O–H groups in total. The third-order valence-electron chi connectivity index (χ3n) is 4.58. The SMILES string of the molecule is CC(C)C(O)C(C)(C)CNC(=O)C1CC1c1ccc(F)cc1. The maximum Gasteiger partial charge on any atom is 0.223 e. The molecule has 3 atom stereocenters. The second-order valence-corrected chi connectivity index (χ2v) is 7.40. The average molecular weight is 307 g/mol. The number of hydrogen-bond donors (Lipinski definition) is 2. The molecular formula is C18H26FNO2. The van der Waals surface area contributed by atoms with Crippen molar-refractivity contribution < 1.29 is 14.3 Å². The lowest BCUT2D eigenvalue weighted by atomic mass is 9.80. The van der Waals surface area contributed by atoms with Crippen molar-refractivity contribution in [3.8, 4) is 0 Å².